The third-order valence-electron chi connectivity index (χ3n) is 4.71. The third kappa shape index (κ3) is 2.52. The molecule has 0 aromatic heterocycles. The topological polar surface area (TPSA) is 33.0 Å². The van der Waals surface area contributed by atoms with E-state index in [-0.39, 0.29) is 17.3 Å². The molecular weight excluding hydrogens is 253 g/mol. The van der Waals surface area contributed by atoms with Gasteiger partial charge in [-0.1, -0.05) is 19.8 Å². The van der Waals surface area contributed by atoms with Crippen molar-refractivity contribution in [3.8, 4) is 11.8 Å². The summed E-state index contributed by atoms with van der Waals surface area (Å²) in [5.74, 6) is 1.19. The molecule has 1 aliphatic heterocycles. The van der Waals surface area contributed by atoms with E-state index in [0.717, 1.165) is 43.4 Å². The minimum Gasteiger partial charge on any atom is -0.490 e. The Labute approximate surface area is 119 Å². The molecule has 0 saturated heterocycles. The Morgan fingerprint density at radius 1 is 1.50 bits per heavy atom. The highest BCUT2D eigenvalue weighted by molar-refractivity contribution is 5.38. The monoisotopic (exact) mass is 273 g/mol. The van der Waals surface area contributed by atoms with Gasteiger partial charge in [-0.25, -0.2) is 4.39 Å². The van der Waals surface area contributed by atoms with Crippen LogP contribution in [0.25, 0.3) is 0 Å². The highest BCUT2D eigenvalue weighted by atomic mass is 19.1. The largest absolute Gasteiger partial charge is 0.490 e. The van der Waals surface area contributed by atoms with Gasteiger partial charge in [-0.2, -0.15) is 5.26 Å². The summed E-state index contributed by atoms with van der Waals surface area (Å²) < 4.78 is 19.1. The van der Waals surface area contributed by atoms with Crippen molar-refractivity contribution in [2.75, 3.05) is 0 Å². The molecule has 20 heavy (non-hydrogen) atoms. The maximum Gasteiger partial charge on any atom is 0.123 e. The Morgan fingerprint density at radius 3 is 3.10 bits per heavy atom. The first-order valence-electron chi connectivity index (χ1n) is 7.47. The molecule has 3 heteroatoms. The fourth-order valence-electron chi connectivity index (χ4n) is 3.83. The van der Waals surface area contributed by atoms with Crippen LogP contribution in [0.15, 0.2) is 18.2 Å². The molecule has 2 aliphatic rings. The van der Waals surface area contributed by atoms with Gasteiger partial charge in [0.1, 0.15) is 17.7 Å². The number of hydrogen-bond acceptors (Lipinski definition) is 2. The summed E-state index contributed by atoms with van der Waals surface area (Å²) in [7, 11) is 0. The van der Waals surface area contributed by atoms with E-state index < -0.39 is 0 Å². The summed E-state index contributed by atoms with van der Waals surface area (Å²) in [6, 6.07) is 7.25. The van der Waals surface area contributed by atoms with Crippen LogP contribution in [0.1, 0.15) is 44.6 Å². The van der Waals surface area contributed by atoms with Crippen LogP contribution in [0, 0.1) is 28.5 Å². The number of hydrogen-bond donors (Lipinski definition) is 0. The molecule has 1 fully saturated rings. The number of benzene rings is 1. The van der Waals surface area contributed by atoms with E-state index in [2.05, 4.69) is 13.0 Å². The normalized spacial score (nSPS) is 32.2. The summed E-state index contributed by atoms with van der Waals surface area (Å²) in [4.78, 5) is 0. The van der Waals surface area contributed by atoms with Gasteiger partial charge in [0, 0.05) is 18.4 Å². The van der Waals surface area contributed by atoms with Gasteiger partial charge in [-0.3, -0.25) is 0 Å². The molecule has 1 aromatic carbocycles. The van der Waals surface area contributed by atoms with E-state index in [9.17, 15) is 9.65 Å². The summed E-state index contributed by atoms with van der Waals surface area (Å²) in [5.41, 5.74) is 0.690. The van der Waals surface area contributed by atoms with Crippen LogP contribution < -0.4 is 4.74 Å². The molecule has 3 unspecified atom stereocenters. The molecule has 106 valence electrons. The van der Waals surface area contributed by atoms with Crippen molar-refractivity contribution in [1.82, 2.24) is 0 Å². The van der Waals surface area contributed by atoms with Crippen LogP contribution in [0.5, 0.6) is 5.75 Å². The highest BCUT2D eigenvalue weighted by Gasteiger charge is 2.39. The van der Waals surface area contributed by atoms with Gasteiger partial charge in [0.25, 0.3) is 0 Å². The molecular formula is C17H20FNO. The van der Waals surface area contributed by atoms with E-state index in [0.29, 0.717) is 5.92 Å². The average molecular weight is 273 g/mol. The third-order valence-corrected chi connectivity index (χ3v) is 4.71. The maximum absolute atomic E-state index is 13.2. The zero-order valence-corrected chi connectivity index (χ0v) is 11.9. The maximum atomic E-state index is 13.2. The van der Waals surface area contributed by atoms with Crippen molar-refractivity contribution in [3.63, 3.8) is 0 Å². The molecule has 3 atom stereocenters. The zero-order chi connectivity index (χ0) is 14.2. The number of nitrogens with zero attached hydrogens (tertiary/aromatic N) is 1. The fourth-order valence-corrected chi connectivity index (χ4v) is 3.83. The zero-order valence-electron chi connectivity index (χ0n) is 11.9. The minimum atomic E-state index is -0.247. The second-order valence-corrected chi connectivity index (χ2v) is 6.49. The van der Waals surface area contributed by atoms with Gasteiger partial charge in [0.05, 0.1) is 11.5 Å². The van der Waals surface area contributed by atoms with Crippen molar-refractivity contribution in [2.24, 2.45) is 11.3 Å². The summed E-state index contributed by atoms with van der Waals surface area (Å²) in [6.07, 6.45) is 5.81. The Bertz CT molecular complexity index is 550. The van der Waals surface area contributed by atoms with Crippen molar-refractivity contribution < 1.29 is 9.13 Å². The predicted octanol–water partition coefficient (Wildman–Crippen LogP) is 4.24. The summed E-state index contributed by atoms with van der Waals surface area (Å²) in [5, 5.41) is 9.62. The first kappa shape index (κ1) is 13.4. The SMILES string of the molecule is CC1CCCC(C#N)(CC2Cc3cc(F)ccc3O2)C1. The molecule has 1 heterocycles. The predicted molar refractivity (Wildman–Crippen MR) is 74.8 cm³/mol. The number of halogens is 1. The molecule has 1 aromatic rings. The van der Waals surface area contributed by atoms with Crippen LogP contribution >= 0.6 is 0 Å². The van der Waals surface area contributed by atoms with Crippen molar-refractivity contribution in [2.45, 2.75) is 51.6 Å². The first-order chi connectivity index (χ1) is 9.60. The van der Waals surface area contributed by atoms with Gasteiger partial charge >= 0.3 is 0 Å². The number of ether oxygens (including phenoxy) is 1. The standard InChI is InChI=1S/C17H20FNO/c1-12-3-2-6-17(9-12,11-19)10-15-8-13-7-14(18)4-5-16(13)20-15/h4-5,7,12,15H,2-3,6,8-10H2,1H3. The lowest BCUT2D eigenvalue weighted by Crippen LogP contribution is -2.32. The lowest BCUT2D eigenvalue weighted by Gasteiger charge is -2.35. The molecule has 2 nitrogen and oxygen atoms in total. The molecule has 1 aliphatic carbocycles. The van der Waals surface area contributed by atoms with E-state index in [1.807, 2.05) is 0 Å². The molecule has 0 amide bonds. The van der Waals surface area contributed by atoms with Gasteiger partial charge < -0.3 is 4.74 Å². The van der Waals surface area contributed by atoms with E-state index in [1.165, 1.54) is 12.5 Å². The Morgan fingerprint density at radius 2 is 2.35 bits per heavy atom. The van der Waals surface area contributed by atoms with Crippen molar-refractivity contribution in [1.29, 1.82) is 5.26 Å². The molecule has 0 spiro atoms. The van der Waals surface area contributed by atoms with Crippen LogP contribution in [0.2, 0.25) is 0 Å². The van der Waals surface area contributed by atoms with Crippen LogP contribution in [-0.4, -0.2) is 6.10 Å². The quantitative estimate of drug-likeness (QED) is 0.807. The number of fused-ring (bicyclic) bond motifs is 1. The average Bonchev–Trinajstić information content (AvgIpc) is 2.79. The number of nitriles is 1. The lowest BCUT2D eigenvalue weighted by atomic mass is 9.68. The second kappa shape index (κ2) is 5.09. The summed E-state index contributed by atoms with van der Waals surface area (Å²) in [6.45, 7) is 2.23. The molecule has 0 bridgehead atoms. The molecule has 1 saturated carbocycles. The molecule has 0 radical (unpaired) electrons. The Balaban J connectivity index is 1.72. The van der Waals surface area contributed by atoms with Crippen molar-refractivity contribution in [3.05, 3.63) is 29.6 Å². The Hall–Kier alpha value is -1.56. The van der Waals surface area contributed by atoms with Gasteiger partial charge in [0.15, 0.2) is 0 Å². The van der Waals surface area contributed by atoms with Crippen LogP contribution in [-0.2, 0) is 6.42 Å². The highest BCUT2D eigenvalue weighted by Crippen LogP contribution is 2.44. The Kier molecular flexibility index (Phi) is 3.41. The van der Waals surface area contributed by atoms with Gasteiger partial charge in [-0.15, -0.1) is 0 Å². The fraction of sp³-hybridized carbons (Fsp3) is 0.588. The smallest absolute Gasteiger partial charge is 0.123 e. The second-order valence-electron chi connectivity index (χ2n) is 6.49. The minimum absolute atomic E-state index is 0.0248. The van der Waals surface area contributed by atoms with Crippen LogP contribution in [0.4, 0.5) is 4.39 Å². The van der Waals surface area contributed by atoms with Gasteiger partial charge in [0.2, 0.25) is 0 Å². The lowest BCUT2D eigenvalue weighted by molar-refractivity contribution is 0.119. The van der Waals surface area contributed by atoms with Gasteiger partial charge in [-0.05, 0) is 37.0 Å². The van der Waals surface area contributed by atoms with Crippen molar-refractivity contribution >= 4 is 0 Å². The summed E-state index contributed by atoms with van der Waals surface area (Å²) >= 11 is 0. The van der Waals surface area contributed by atoms with E-state index in [4.69, 9.17) is 4.74 Å². The van der Waals surface area contributed by atoms with E-state index >= 15 is 0 Å². The van der Waals surface area contributed by atoms with Crippen LogP contribution in [0.3, 0.4) is 0 Å². The first-order valence-corrected chi connectivity index (χ1v) is 7.47. The molecule has 3 rings (SSSR count). The molecule has 0 N–H and O–H groups in total. The van der Waals surface area contributed by atoms with E-state index in [1.54, 1.807) is 12.1 Å². The number of rotatable bonds is 2.